The van der Waals surface area contributed by atoms with E-state index in [9.17, 15) is 4.79 Å². The highest BCUT2D eigenvalue weighted by Crippen LogP contribution is 2.66. The fourth-order valence-electron chi connectivity index (χ4n) is 4.59. The number of hydrogen-bond acceptors (Lipinski definition) is 2. The molecule has 110 valence electrons. The summed E-state index contributed by atoms with van der Waals surface area (Å²) in [5.41, 5.74) is 1.03. The van der Waals surface area contributed by atoms with Crippen molar-refractivity contribution >= 4 is 5.91 Å². The largest absolute Gasteiger partial charge is 0.379 e. The maximum atomic E-state index is 12.3. The second-order valence-electron chi connectivity index (χ2n) is 7.04. The Morgan fingerprint density at radius 3 is 2.80 bits per heavy atom. The summed E-state index contributed by atoms with van der Waals surface area (Å²) in [6, 6.07) is 1.91. The standard InChI is InChI=1S/C16H24N2O2/c1-15(2)11-5-7-16(15,3)13(20-4)12(11)18-14(19)10-6-8-17-9-10/h6,8-9,11-13,17H,5,7H2,1-4H3,(H,18,19). The number of fused-ring (bicyclic) bond motifs is 2. The predicted molar refractivity (Wildman–Crippen MR) is 77.5 cm³/mol. The minimum absolute atomic E-state index is 0.00903. The molecule has 0 saturated heterocycles. The summed E-state index contributed by atoms with van der Waals surface area (Å²) < 4.78 is 5.79. The summed E-state index contributed by atoms with van der Waals surface area (Å²) in [5.74, 6) is 0.477. The highest BCUT2D eigenvalue weighted by Gasteiger charge is 2.66. The van der Waals surface area contributed by atoms with E-state index in [2.05, 4.69) is 31.1 Å². The van der Waals surface area contributed by atoms with Gasteiger partial charge in [0.25, 0.3) is 5.91 Å². The van der Waals surface area contributed by atoms with Crippen molar-refractivity contribution in [3.05, 3.63) is 24.0 Å². The predicted octanol–water partition coefficient (Wildman–Crippen LogP) is 2.58. The molecule has 1 amide bonds. The van der Waals surface area contributed by atoms with Crippen LogP contribution < -0.4 is 5.32 Å². The van der Waals surface area contributed by atoms with Gasteiger partial charge in [0.1, 0.15) is 0 Å². The maximum absolute atomic E-state index is 12.3. The zero-order chi connectivity index (χ0) is 14.5. The Morgan fingerprint density at radius 1 is 1.45 bits per heavy atom. The third-order valence-corrected chi connectivity index (χ3v) is 6.17. The van der Waals surface area contributed by atoms with Crippen molar-refractivity contribution in [2.45, 2.75) is 45.8 Å². The van der Waals surface area contributed by atoms with Gasteiger partial charge in [-0.15, -0.1) is 0 Å². The lowest BCUT2D eigenvalue weighted by Crippen LogP contribution is -2.50. The highest BCUT2D eigenvalue weighted by molar-refractivity contribution is 5.94. The Hall–Kier alpha value is -1.29. The van der Waals surface area contributed by atoms with E-state index in [1.54, 1.807) is 25.6 Å². The Kier molecular flexibility index (Phi) is 2.98. The average Bonchev–Trinajstić information content (AvgIpc) is 3.02. The van der Waals surface area contributed by atoms with Crippen LogP contribution >= 0.6 is 0 Å². The van der Waals surface area contributed by atoms with Crippen LogP contribution in [0.4, 0.5) is 0 Å². The van der Waals surface area contributed by atoms with Crippen LogP contribution in [0.15, 0.2) is 18.5 Å². The summed E-state index contributed by atoms with van der Waals surface area (Å²) in [5, 5.41) is 3.21. The first-order valence-electron chi connectivity index (χ1n) is 7.38. The number of hydrogen-bond donors (Lipinski definition) is 2. The first kappa shape index (κ1) is 13.7. The number of nitrogens with one attached hydrogen (secondary N) is 2. The smallest absolute Gasteiger partial charge is 0.253 e. The topological polar surface area (TPSA) is 54.1 Å². The Bertz CT molecular complexity index is 509. The van der Waals surface area contributed by atoms with Crippen LogP contribution in [0, 0.1) is 16.7 Å². The number of aromatic nitrogens is 1. The lowest BCUT2D eigenvalue weighted by Gasteiger charge is -2.39. The molecule has 3 rings (SSSR count). The molecule has 1 aromatic heterocycles. The van der Waals surface area contributed by atoms with Crippen molar-refractivity contribution in [1.82, 2.24) is 10.3 Å². The molecular formula is C16H24N2O2. The third kappa shape index (κ3) is 1.60. The van der Waals surface area contributed by atoms with E-state index in [1.165, 1.54) is 12.8 Å². The van der Waals surface area contributed by atoms with E-state index in [0.29, 0.717) is 11.5 Å². The van der Waals surface area contributed by atoms with E-state index >= 15 is 0 Å². The Balaban J connectivity index is 1.85. The molecule has 4 atom stereocenters. The summed E-state index contributed by atoms with van der Waals surface area (Å²) in [7, 11) is 1.77. The molecule has 4 unspecified atom stereocenters. The lowest BCUT2D eigenvalue weighted by molar-refractivity contribution is -0.0314. The molecule has 4 heteroatoms. The first-order chi connectivity index (χ1) is 9.41. The molecule has 4 nitrogen and oxygen atoms in total. The summed E-state index contributed by atoms with van der Waals surface area (Å²) in [4.78, 5) is 15.3. The van der Waals surface area contributed by atoms with Gasteiger partial charge in [-0.3, -0.25) is 4.79 Å². The van der Waals surface area contributed by atoms with Gasteiger partial charge in [-0.1, -0.05) is 20.8 Å². The quantitative estimate of drug-likeness (QED) is 0.891. The second-order valence-corrected chi connectivity index (χ2v) is 7.04. The summed E-state index contributed by atoms with van der Waals surface area (Å²) in [6.07, 6.45) is 5.95. The number of methoxy groups -OCH3 is 1. The average molecular weight is 276 g/mol. The molecule has 20 heavy (non-hydrogen) atoms. The van der Waals surface area contributed by atoms with Crippen molar-refractivity contribution in [2.24, 2.45) is 16.7 Å². The Morgan fingerprint density at radius 2 is 2.20 bits per heavy atom. The molecule has 0 radical (unpaired) electrons. The van der Waals surface area contributed by atoms with Crippen LogP contribution in [0.1, 0.15) is 44.0 Å². The van der Waals surface area contributed by atoms with E-state index in [-0.39, 0.29) is 28.9 Å². The summed E-state index contributed by atoms with van der Waals surface area (Å²) >= 11 is 0. The van der Waals surface area contributed by atoms with Crippen molar-refractivity contribution in [3.8, 4) is 0 Å². The monoisotopic (exact) mass is 276 g/mol. The molecular weight excluding hydrogens is 252 g/mol. The highest BCUT2D eigenvalue weighted by atomic mass is 16.5. The molecule has 2 bridgehead atoms. The van der Waals surface area contributed by atoms with Crippen molar-refractivity contribution in [2.75, 3.05) is 7.11 Å². The van der Waals surface area contributed by atoms with Gasteiger partial charge in [0.2, 0.25) is 0 Å². The normalized spacial score (nSPS) is 38.1. The van der Waals surface area contributed by atoms with Crippen LogP contribution in [-0.2, 0) is 4.74 Å². The van der Waals surface area contributed by atoms with Gasteiger partial charge in [-0.2, -0.15) is 0 Å². The number of carbonyl (C=O) groups is 1. The minimum Gasteiger partial charge on any atom is -0.379 e. The van der Waals surface area contributed by atoms with E-state index < -0.39 is 0 Å². The molecule has 2 N–H and O–H groups in total. The van der Waals surface area contributed by atoms with Crippen LogP contribution in [-0.4, -0.2) is 30.1 Å². The van der Waals surface area contributed by atoms with Crippen molar-refractivity contribution < 1.29 is 9.53 Å². The Labute approximate surface area is 120 Å². The molecule has 1 heterocycles. The SMILES string of the molecule is COC1C(NC(=O)c2cc[nH]c2)C2CCC1(C)C2(C)C. The van der Waals surface area contributed by atoms with Gasteiger partial charge in [-0.25, -0.2) is 0 Å². The molecule has 0 spiro atoms. The summed E-state index contributed by atoms with van der Waals surface area (Å²) in [6.45, 7) is 6.95. The molecule has 0 aliphatic heterocycles. The van der Waals surface area contributed by atoms with Gasteiger partial charge in [0.05, 0.1) is 17.7 Å². The number of ether oxygens (including phenoxy) is 1. The van der Waals surface area contributed by atoms with Gasteiger partial charge < -0.3 is 15.0 Å². The zero-order valence-corrected chi connectivity index (χ0v) is 12.7. The minimum atomic E-state index is -0.00903. The number of rotatable bonds is 3. The van der Waals surface area contributed by atoms with Gasteiger partial charge >= 0.3 is 0 Å². The molecule has 2 aliphatic rings. The maximum Gasteiger partial charge on any atom is 0.253 e. The van der Waals surface area contributed by atoms with Crippen LogP contribution in [0.5, 0.6) is 0 Å². The zero-order valence-electron chi connectivity index (χ0n) is 12.7. The van der Waals surface area contributed by atoms with E-state index in [1.807, 2.05) is 0 Å². The van der Waals surface area contributed by atoms with Gasteiger partial charge in [-0.05, 0) is 30.2 Å². The number of amides is 1. The van der Waals surface area contributed by atoms with E-state index in [0.717, 1.165) is 0 Å². The fourth-order valence-corrected chi connectivity index (χ4v) is 4.59. The second kappa shape index (κ2) is 4.35. The lowest BCUT2D eigenvalue weighted by atomic mass is 9.70. The number of carbonyl (C=O) groups excluding carboxylic acids is 1. The third-order valence-electron chi connectivity index (χ3n) is 6.17. The molecule has 2 fully saturated rings. The molecule has 0 aromatic carbocycles. The van der Waals surface area contributed by atoms with Crippen molar-refractivity contribution in [3.63, 3.8) is 0 Å². The van der Waals surface area contributed by atoms with Crippen LogP contribution in [0.3, 0.4) is 0 Å². The molecule has 2 aliphatic carbocycles. The number of aromatic amines is 1. The van der Waals surface area contributed by atoms with Gasteiger partial charge in [0.15, 0.2) is 0 Å². The fraction of sp³-hybridized carbons (Fsp3) is 0.688. The van der Waals surface area contributed by atoms with Crippen molar-refractivity contribution in [1.29, 1.82) is 0 Å². The molecule has 2 saturated carbocycles. The van der Waals surface area contributed by atoms with Crippen LogP contribution in [0.25, 0.3) is 0 Å². The van der Waals surface area contributed by atoms with Gasteiger partial charge in [0, 0.05) is 24.9 Å². The number of H-pyrrole nitrogens is 1. The van der Waals surface area contributed by atoms with Crippen LogP contribution in [0.2, 0.25) is 0 Å². The first-order valence-corrected chi connectivity index (χ1v) is 7.38. The van der Waals surface area contributed by atoms with E-state index in [4.69, 9.17) is 4.74 Å². The molecule has 1 aromatic rings.